The van der Waals surface area contributed by atoms with Gasteiger partial charge >= 0.3 is 0 Å². The Morgan fingerprint density at radius 2 is 2.27 bits per heavy atom. The van der Waals surface area contributed by atoms with Gasteiger partial charge in [0.15, 0.2) is 0 Å². The summed E-state index contributed by atoms with van der Waals surface area (Å²) in [6.45, 7) is 8.87. The number of fused-ring (bicyclic) bond motifs is 1. The predicted molar refractivity (Wildman–Crippen MR) is 86.1 cm³/mol. The van der Waals surface area contributed by atoms with Gasteiger partial charge in [0, 0.05) is 25.2 Å². The van der Waals surface area contributed by atoms with E-state index in [2.05, 4.69) is 33.5 Å². The van der Waals surface area contributed by atoms with E-state index < -0.39 is 0 Å². The lowest BCUT2D eigenvalue weighted by Crippen LogP contribution is -2.26. The molecule has 0 radical (unpaired) electrons. The summed E-state index contributed by atoms with van der Waals surface area (Å²) in [6, 6.07) is 1.87. The van der Waals surface area contributed by atoms with Crippen molar-refractivity contribution in [2.75, 3.05) is 13.2 Å². The number of allylic oxidation sites excluding steroid dienone is 2. The zero-order chi connectivity index (χ0) is 15.4. The summed E-state index contributed by atoms with van der Waals surface area (Å²) in [5.41, 5.74) is 2.31. The molecule has 22 heavy (non-hydrogen) atoms. The van der Waals surface area contributed by atoms with E-state index in [1.54, 1.807) is 18.5 Å². The molecule has 0 saturated carbocycles. The van der Waals surface area contributed by atoms with Crippen molar-refractivity contribution < 1.29 is 9.47 Å². The minimum atomic E-state index is 0.119. The third-order valence-electron chi connectivity index (χ3n) is 3.57. The summed E-state index contributed by atoms with van der Waals surface area (Å²) < 4.78 is 11.4. The summed E-state index contributed by atoms with van der Waals surface area (Å²) in [5.74, 6) is 0.578. The summed E-state index contributed by atoms with van der Waals surface area (Å²) in [5, 5.41) is 8.15. The van der Waals surface area contributed by atoms with Crippen LogP contribution in [0.1, 0.15) is 18.5 Å². The maximum Gasteiger partial charge on any atom is 0.225 e. The van der Waals surface area contributed by atoms with Gasteiger partial charge in [0.2, 0.25) is 5.88 Å². The highest BCUT2D eigenvalue weighted by Gasteiger charge is 2.20. The van der Waals surface area contributed by atoms with Gasteiger partial charge in [-0.1, -0.05) is 6.58 Å². The van der Waals surface area contributed by atoms with Crippen molar-refractivity contribution in [3.63, 3.8) is 0 Å². The number of pyridine rings is 1. The highest BCUT2D eigenvalue weighted by atomic mass is 16.5. The molecule has 0 unspecified atom stereocenters. The van der Waals surface area contributed by atoms with Gasteiger partial charge in [-0.2, -0.15) is 5.10 Å². The first-order valence-electron chi connectivity index (χ1n) is 7.18. The number of ether oxygens (including phenoxy) is 2. The molecule has 0 amide bonds. The lowest BCUT2D eigenvalue weighted by atomic mass is 10.1. The fourth-order valence-corrected chi connectivity index (χ4v) is 2.43. The van der Waals surface area contributed by atoms with E-state index in [9.17, 15) is 0 Å². The van der Waals surface area contributed by atoms with Crippen LogP contribution < -0.4 is 4.74 Å². The van der Waals surface area contributed by atoms with Crippen molar-refractivity contribution in [3.8, 4) is 5.88 Å². The molecule has 114 valence electrons. The first kappa shape index (κ1) is 14.5. The summed E-state index contributed by atoms with van der Waals surface area (Å²) in [4.78, 5) is 8.06. The first-order chi connectivity index (χ1) is 10.8. The van der Waals surface area contributed by atoms with Crippen LogP contribution in [0.15, 0.2) is 36.1 Å². The first-order valence-corrected chi connectivity index (χ1v) is 7.18. The molecule has 6 heteroatoms. The van der Waals surface area contributed by atoms with E-state index in [4.69, 9.17) is 9.47 Å². The van der Waals surface area contributed by atoms with Gasteiger partial charge in [-0.05, 0) is 24.4 Å². The highest BCUT2D eigenvalue weighted by Crippen LogP contribution is 2.30. The van der Waals surface area contributed by atoms with E-state index in [1.807, 2.05) is 6.07 Å². The van der Waals surface area contributed by atoms with Crippen LogP contribution in [0, 0.1) is 0 Å². The average molecular weight is 298 g/mol. The van der Waals surface area contributed by atoms with Crippen LogP contribution in [0.2, 0.25) is 0 Å². The van der Waals surface area contributed by atoms with Crippen LogP contribution in [0.25, 0.3) is 16.5 Å². The smallest absolute Gasteiger partial charge is 0.225 e. The summed E-state index contributed by atoms with van der Waals surface area (Å²) in [7, 11) is 0. The van der Waals surface area contributed by atoms with E-state index in [0.29, 0.717) is 11.6 Å². The summed E-state index contributed by atoms with van der Waals surface area (Å²) >= 11 is 0. The van der Waals surface area contributed by atoms with Crippen LogP contribution in [0.5, 0.6) is 5.88 Å². The number of nitrogens with one attached hydrogen (secondary N) is 1. The minimum Gasteiger partial charge on any atom is -0.474 e. The molecular formula is C16H18N4O2. The lowest BCUT2D eigenvalue weighted by molar-refractivity contribution is 0.0244. The second-order valence-corrected chi connectivity index (χ2v) is 5.06. The molecule has 3 heterocycles. The fraction of sp³-hybridized carbons (Fsp3) is 0.312. The molecule has 0 aliphatic carbocycles. The lowest BCUT2D eigenvalue weighted by Gasteiger charge is -2.23. The average Bonchev–Trinajstić information content (AvgIpc) is 2.99. The summed E-state index contributed by atoms with van der Waals surface area (Å²) in [6.07, 6.45) is 6.90. The SMILES string of the molecule is C=N/C=C\C(=C)c1n[nH]c2ccnc(OC3CCOCC3)c12. The Bertz CT molecular complexity index is 714. The topological polar surface area (TPSA) is 72.4 Å². The molecule has 1 fully saturated rings. The van der Waals surface area contributed by atoms with E-state index in [0.717, 1.165) is 42.5 Å². The molecule has 0 atom stereocenters. The van der Waals surface area contributed by atoms with Gasteiger partial charge in [0.1, 0.15) is 11.8 Å². The maximum atomic E-state index is 6.07. The van der Waals surface area contributed by atoms with E-state index in [-0.39, 0.29) is 6.10 Å². The third-order valence-corrected chi connectivity index (χ3v) is 3.57. The Morgan fingerprint density at radius 1 is 1.45 bits per heavy atom. The zero-order valence-corrected chi connectivity index (χ0v) is 12.3. The number of aromatic nitrogens is 3. The molecule has 1 saturated heterocycles. The quantitative estimate of drug-likeness (QED) is 0.680. The number of rotatable bonds is 5. The van der Waals surface area contributed by atoms with Crippen LogP contribution in [-0.4, -0.2) is 41.2 Å². The van der Waals surface area contributed by atoms with Crippen molar-refractivity contribution in [2.24, 2.45) is 4.99 Å². The Morgan fingerprint density at radius 3 is 3.05 bits per heavy atom. The van der Waals surface area contributed by atoms with Gasteiger partial charge in [-0.25, -0.2) is 4.98 Å². The molecule has 0 spiro atoms. The highest BCUT2D eigenvalue weighted by molar-refractivity contribution is 5.95. The standard InChI is InChI=1S/C16H18N4O2/c1-11(3-7-17-2)15-14-13(19-20-15)4-8-18-16(14)22-12-5-9-21-10-6-12/h3-4,7-8,12H,1-2,5-6,9-10H2,(H,19,20)/b7-3-. The fourth-order valence-electron chi connectivity index (χ4n) is 2.43. The van der Waals surface area contributed by atoms with E-state index in [1.165, 1.54) is 0 Å². The van der Waals surface area contributed by atoms with Gasteiger partial charge < -0.3 is 9.47 Å². The van der Waals surface area contributed by atoms with Crippen molar-refractivity contribution >= 4 is 23.2 Å². The minimum absolute atomic E-state index is 0.119. The van der Waals surface area contributed by atoms with Crippen LogP contribution in [0.3, 0.4) is 0 Å². The van der Waals surface area contributed by atoms with Gasteiger partial charge in [-0.3, -0.25) is 10.1 Å². The predicted octanol–water partition coefficient (Wildman–Crippen LogP) is 2.74. The van der Waals surface area contributed by atoms with Crippen molar-refractivity contribution in [1.82, 2.24) is 15.2 Å². The number of hydrogen-bond acceptors (Lipinski definition) is 5. The van der Waals surface area contributed by atoms with Crippen molar-refractivity contribution in [3.05, 3.63) is 36.8 Å². The second-order valence-electron chi connectivity index (χ2n) is 5.06. The van der Waals surface area contributed by atoms with Crippen LogP contribution >= 0.6 is 0 Å². The van der Waals surface area contributed by atoms with Crippen LogP contribution in [-0.2, 0) is 4.74 Å². The van der Waals surface area contributed by atoms with Crippen molar-refractivity contribution in [2.45, 2.75) is 18.9 Å². The molecule has 2 aromatic rings. The Kier molecular flexibility index (Phi) is 4.29. The molecule has 1 N–H and O–H groups in total. The number of hydrogen-bond donors (Lipinski definition) is 1. The van der Waals surface area contributed by atoms with E-state index >= 15 is 0 Å². The number of aliphatic imine (C=N–C) groups is 1. The molecule has 3 rings (SSSR count). The third kappa shape index (κ3) is 2.92. The van der Waals surface area contributed by atoms with Gasteiger partial charge in [0.05, 0.1) is 24.1 Å². The number of nitrogens with zero attached hydrogens (tertiary/aromatic N) is 3. The Hall–Kier alpha value is -2.47. The maximum absolute atomic E-state index is 6.07. The van der Waals surface area contributed by atoms with Crippen molar-refractivity contribution in [1.29, 1.82) is 0 Å². The van der Waals surface area contributed by atoms with Gasteiger partial charge in [-0.15, -0.1) is 0 Å². The number of aromatic amines is 1. The second kappa shape index (κ2) is 6.53. The molecular weight excluding hydrogens is 280 g/mol. The molecule has 1 aliphatic heterocycles. The number of H-pyrrole nitrogens is 1. The van der Waals surface area contributed by atoms with Crippen LogP contribution in [0.4, 0.5) is 0 Å². The molecule has 0 bridgehead atoms. The van der Waals surface area contributed by atoms with Gasteiger partial charge in [0.25, 0.3) is 0 Å². The monoisotopic (exact) mass is 298 g/mol. The Labute approximate surface area is 128 Å². The molecule has 6 nitrogen and oxygen atoms in total. The molecule has 0 aromatic carbocycles. The molecule has 1 aliphatic rings. The normalized spacial score (nSPS) is 16.2. The largest absolute Gasteiger partial charge is 0.474 e. The Balaban J connectivity index is 1.95. The zero-order valence-electron chi connectivity index (χ0n) is 12.3. The molecule has 2 aromatic heterocycles.